The maximum Gasteiger partial charge on any atom is 0.191 e. The van der Waals surface area contributed by atoms with E-state index in [1.54, 1.807) is 11.3 Å². The molecule has 2 N–H and O–H groups in total. The van der Waals surface area contributed by atoms with Crippen molar-refractivity contribution in [3.8, 4) is 0 Å². The molecule has 5 nitrogen and oxygen atoms in total. The van der Waals surface area contributed by atoms with Crippen LogP contribution in [0.4, 0.5) is 0 Å². The van der Waals surface area contributed by atoms with Gasteiger partial charge in [-0.15, -0.1) is 11.3 Å². The number of guanidine groups is 1. The van der Waals surface area contributed by atoms with Crippen molar-refractivity contribution in [2.45, 2.75) is 57.7 Å². The normalized spacial score (nSPS) is 31.9. The molecule has 1 aromatic rings. The van der Waals surface area contributed by atoms with Gasteiger partial charge < -0.3 is 15.4 Å². The van der Waals surface area contributed by atoms with Gasteiger partial charge in [0, 0.05) is 42.1 Å². The summed E-state index contributed by atoms with van der Waals surface area (Å²) in [6.07, 6.45) is 8.89. The number of nitrogens with zero attached hydrogens (tertiary/aromatic N) is 2. The molecule has 3 atom stereocenters. The summed E-state index contributed by atoms with van der Waals surface area (Å²) in [7, 11) is 1.85. The van der Waals surface area contributed by atoms with Crippen LogP contribution in [0.15, 0.2) is 11.2 Å². The Morgan fingerprint density at radius 2 is 2.30 bits per heavy atom. The van der Waals surface area contributed by atoms with Gasteiger partial charge in [-0.3, -0.25) is 4.99 Å². The fourth-order valence-corrected chi connectivity index (χ4v) is 5.62. The summed E-state index contributed by atoms with van der Waals surface area (Å²) < 4.78 is 6.06. The minimum atomic E-state index is 0.358. The number of aromatic nitrogens is 1. The second-order valence-electron chi connectivity index (χ2n) is 7.10. The maximum absolute atomic E-state index is 6.06. The number of aliphatic imine (C=N–C) groups is 1. The number of fused-ring (bicyclic) bond motifs is 2. The summed E-state index contributed by atoms with van der Waals surface area (Å²) in [5, 5.41) is 8.26. The highest BCUT2D eigenvalue weighted by Crippen LogP contribution is 2.60. The minimum Gasteiger partial charge on any atom is -0.377 e. The largest absolute Gasteiger partial charge is 0.377 e. The molecule has 3 aliphatic rings. The van der Waals surface area contributed by atoms with E-state index in [0.29, 0.717) is 23.5 Å². The van der Waals surface area contributed by atoms with Crippen molar-refractivity contribution in [2.24, 2.45) is 16.3 Å². The highest BCUT2D eigenvalue weighted by Gasteiger charge is 2.65. The van der Waals surface area contributed by atoms with Gasteiger partial charge >= 0.3 is 0 Å². The van der Waals surface area contributed by atoms with Gasteiger partial charge in [-0.25, -0.2) is 4.98 Å². The molecule has 126 valence electrons. The van der Waals surface area contributed by atoms with Crippen LogP contribution >= 0.6 is 11.3 Å². The Morgan fingerprint density at radius 3 is 3.00 bits per heavy atom. The zero-order valence-electron chi connectivity index (χ0n) is 14.0. The van der Waals surface area contributed by atoms with E-state index in [0.717, 1.165) is 24.1 Å². The molecule has 3 fully saturated rings. The minimum absolute atomic E-state index is 0.358. The second-order valence-corrected chi connectivity index (χ2v) is 8.42. The van der Waals surface area contributed by atoms with Crippen LogP contribution in [0.25, 0.3) is 0 Å². The summed E-state index contributed by atoms with van der Waals surface area (Å²) in [4.78, 5) is 10.1. The molecular formula is C17H26N4OS. The van der Waals surface area contributed by atoms with Gasteiger partial charge in [0.15, 0.2) is 5.96 Å². The molecule has 4 rings (SSSR count). The van der Waals surface area contributed by atoms with Gasteiger partial charge in [0.25, 0.3) is 0 Å². The second kappa shape index (κ2) is 6.06. The van der Waals surface area contributed by atoms with E-state index in [1.807, 2.05) is 13.2 Å². The smallest absolute Gasteiger partial charge is 0.191 e. The average Bonchev–Trinajstić information content (AvgIpc) is 3.26. The Balaban J connectivity index is 1.41. The molecule has 2 aliphatic carbocycles. The Labute approximate surface area is 141 Å². The summed E-state index contributed by atoms with van der Waals surface area (Å²) >= 11 is 1.74. The predicted octanol–water partition coefficient (Wildman–Crippen LogP) is 2.46. The van der Waals surface area contributed by atoms with Crippen LogP contribution in [-0.4, -0.2) is 36.7 Å². The standard InChI is InChI=1S/C17H26N4OS/c1-11-9-19-13(23-11)10-20-16(18-2)21-14-12-5-8-22-15(12)17(14)6-3-4-7-17/h9,12,14-15H,3-8,10H2,1-2H3,(H2,18,20,21). The zero-order valence-corrected chi connectivity index (χ0v) is 14.8. The average molecular weight is 334 g/mol. The van der Waals surface area contributed by atoms with Crippen molar-refractivity contribution in [1.29, 1.82) is 0 Å². The van der Waals surface area contributed by atoms with Gasteiger partial charge in [0.1, 0.15) is 5.01 Å². The fraction of sp³-hybridized carbons (Fsp3) is 0.765. The predicted molar refractivity (Wildman–Crippen MR) is 92.7 cm³/mol. The Bertz CT molecular complexity index is 593. The summed E-state index contributed by atoms with van der Waals surface area (Å²) in [6, 6.07) is 0.515. The quantitative estimate of drug-likeness (QED) is 0.658. The monoisotopic (exact) mass is 334 g/mol. The molecule has 23 heavy (non-hydrogen) atoms. The van der Waals surface area contributed by atoms with Crippen LogP contribution in [0.5, 0.6) is 0 Å². The summed E-state index contributed by atoms with van der Waals surface area (Å²) in [6.45, 7) is 3.76. The van der Waals surface area contributed by atoms with Crippen LogP contribution < -0.4 is 10.6 Å². The van der Waals surface area contributed by atoms with Crippen molar-refractivity contribution in [1.82, 2.24) is 15.6 Å². The number of nitrogens with one attached hydrogen (secondary N) is 2. The van der Waals surface area contributed by atoms with Crippen molar-refractivity contribution in [2.75, 3.05) is 13.7 Å². The molecule has 1 aromatic heterocycles. The van der Waals surface area contributed by atoms with Gasteiger partial charge in [0.05, 0.1) is 12.6 Å². The Hall–Kier alpha value is -1.14. The first kappa shape index (κ1) is 15.4. The molecule has 1 aliphatic heterocycles. The molecule has 1 saturated heterocycles. The van der Waals surface area contributed by atoms with E-state index < -0.39 is 0 Å². The lowest BCUT2D eigenvalue weighted by Crippen LogP contribution is -2.69. The molecule has 0 amide bonds. The molecule has 2 saturated carbocycles. The highest BCUT2D eigenvalue weighted by atomic mass is 32.1. The third-order valence-corrected chi connectivity index (χ3v) is 6.79. The van der Waals surface area contributed by atoms with Crippen molar-refractivity contribution in [3.63, 3.8) is 0 Å². The van der Waals surface area contributed by atoms with Gasteiger partial charge in [-0.2, -0.15) is 0 Å². The van der Waals surface area contributed by atoms with E-state index in [2.05, 4.69) is 27.5 Å². The third kappa shape index (κ3) is 2.56. The number of ether oxygens (including phenoxy) is 1. The van der Waals surface area contributed by atoms with Crippen LogP contribution in [0.1, 0.15) is 42.0 Å². The van der Waals surface area contributed by atoms with Gasteiger partial charge in [0.2, 0.25) is 0 Å². The van der Waals surface area contributed by atoms with Crippen LogP contribution in [-0.2, 0) is 11.3 Å². The number of rotatable bonds is 3. The van der Waals surface area contributed by atoms with E-state index >= 15 is 0 Å². The number of thiazole rings is 1. The summed E-state index contributed by atoms with van der Waals surface area (Å²) in [5.74, 6) is 1.56. The van der Waals surface area contributed by atoms with Gasteiger partial charge in [-0.05, 0) is 26.2 Å². The first-order valence-corrected chi connectivity index (χ1v) is 9.55. The van der Waals surface area contributed by atoms with Crippen molar-refractivity contribution >= 4 is 17.3 Å². The van der Waals surface area contributed by atoms with Crippen LogP contribution in [0, 0.1) is 18.3 Å². The van der Waals surface area contributed by atoms with E-state index in [9.17, 15) is 0 Å². The molecule has 3 unspecified atom stereocenters. The molecule has 0 aromatic carbocycles. The maximum atomic E-state index is 6.06. The molecule has 0 radical (unpaired) electrons. The van der Waals surface area contributed by atoms with Crippen molar-refractivity contribution in [3.05, 3.63) is 16.1 Å². The van der Waals surface area contributed by atoms with E-state index in [1.165, 1.54) is 37.0 Å². The van der Waals surface area contributed by atoms with E-state index in [4.69, 9.17) is 4.74 Å². The first-order chi connectivity index (χ1) is 11.2. The molecular weight excluding hydrogens is 308 g/mol. The zero-order chi connectivity index (χ0) is 15.9. The lowest BCUT2D eigenvalue weighted by molar-refractivity contribution is -0.125. The summed E-state index contributed by atoms with van der Waals surface area (Å²) in [5.41, 5.74) is 0.358. The van der Waals surface area contributed by atoms with Crippen LogP contribution in [0.3, 0.4) is 0 Å². The highest BCUT2D eigenvalue weighted by molar-refractivity contribution is 7.11. The SMILES string of the molecule is CN=C(NCc1ncc(C)s1)NC1C2CCOC2C12CCCC2. The Kier molecular flexibility index (Phi) is 4.05. The van der Waals surface area contributed by atoms with E-state index in [-0.39, 0.29) is 0 Å². The number of aryl methyl sites for hydroxylation is 1. The number of hydrogen-bond donors (Lipinski definition) is 2. The molecule has 2 heterocycles. The fourth-order valence-electron chi connectivity index (χ4n) is 4.89. The third-order valence-electron chi connectivity index (χ3n) is 5.88. The molecule has 1 spiro atoms. The van der Waals surface area contributed by atoms with Gasteiger partial charge in [-0.1, -0.05) is 12.8 Å². The topological polar surface area (TPSA) is 58.5 Å². The molecule has 6 heteroatoms. The van der Waals surface area contributed by atoms with Crippen LogP contribution in [0.2, 0.25) is 0 Å². The number of hydrogen-bond acceptors (Lipinski definition) is 4. The lowest BCUT2D eigenvalue weighted by Gasteiger charge is -2.57. The van der Waals surface area contributed by atoms with Crippen molar-refractivity contribution < 1.29 is 4.74 Å². The first-order valence-electron chi connectivity index (χ1n) is 8.73. The Morgan fingerprint density at radius 1 is 1.48 bits per heavy atom. The lowest BCUT2D eigenvalue weighted by atomic mass is 9.54. The molecule has 0 bridgehead atoms.